The van der Waals surface area contributed by atoms with Gasteiger partial charge < -0.3 is 15.7 Å². The lowest BCUT2D eigenvalue weighted by molar-refractivity contribution is 0.113. The number of likely N-dealkylation sites (tertiary alicyclic amines) is 1. The molecule has 78 valence electrons. The molecule has 0 bridgehead atoms. The van der Waals surface area contributed by atoms with Crippen molar-refractivity contribution in [3.63, 3.8) is 0 Å². The molecule has 1 aliphatic rings. The SMILES string of the molecule is NC[C@@H](O)CN1CCCCCCC1. The predicted molar refractivity (Wildman–Crippen MR) is 54.6 cm³/mol. The summed E-state index contributed by atoms with van der Waals surface area (Å²) in [5, 5.41) is 9.41. The summed E-state index contributed by atoms with van der Waals surface area (Å²) in [6, 6.07) is 0. The van der Waals surface area contributed by atoms with Gasteiger partial charge in [0.15, 0.2) is 0 Å². The van der Waals surface area contributed by atoms with Crippen LogP contribution in [0.1, 0.15) is 32.1 Å². The van der Waals surface area contributed by atoms with E-state index in [1.807, 2.05) is 0 Å². The topological polar surface area (TPSA) is 49.5 Å². The number of nitrogens with two attached hydrogens (primary N) is 1. The standard InChI is InChI=1S/C10H22N2O/c11-8-10(13)9-12-6-4-2-1-3-5-7-12/h10,13H,1-9,11H2/t10-/m1/s1. The van der Waals surface area contributed by atoms with E-state index in [0.717, 1.165) is 19.6 Å². The summed E-state index contributed by atoms with van der Waals surface area (Å²) in [7, 11) is 0. The van der Waals surface area contributed by atoms with E-state index in [0.29, 0.717) is 6.54 Å². The van der Waals surface area contributed by atoms with Crippen LogP contribution in [0.25, 0.3) is 0 Å². The highest BCUT2D eigenvalue weighted by atomic mass is 16.3. The summed E-state index contributed by atoms with van der Waals surface area (Å²) in [5.41, 5.74) is 5.38. The Kier molecular flexibility index (Phi) is 5.35. The second kappa shape index (κ2) is 6.35. The number of hydrogen-bond acceptors (Lipinski definition) is 3. The molecule has 0 spiro atoms. The largest absolute Gasteiger partial charge is 0.390 e. The normalized spacial score (nSPS) is 23.5. The van der Waals surface area contributed by atoms with Gasteiger partial charge in [-0.2, -0.15) is 0 Å². The molecule has 0 aromatic heterocycles. The van der Waals surface area contributed by atoms with E-state index in [4.69, 9.17) is 5.73 Å². The Balaban J connectivity index is 2.21. The van der Waals surface area contributed by atoms with Gasteiger partial charge >= 0.3 is 0 Å². The van der Waals surface area contributed by atoms with Gasteiger partial charge in [-0.25, -0.2) is 0 Å². The van der Waals surface area contributed by atoms with Crippen LogP contribution in [-0.2, 0) is 0 Å². The molecule has 1 fully saturated rings. The number of aliphatic hydroxyl groups is 1. The summed E-state index contributed by atoms with van der Waals surface area (Å²) in [6.45, 7) is 3.42. The van der Waals surface area contributed by atoms with E-state index in [1.54, 1.807) is 0 Å². The van der Waals surface area contributed by atoms with E-state index >= 15 is 0 Å². The van der Waals surface area contributed by atoms with Gasteiger partial charge in [-0.3, -0.25) is 0 Å². The maximum absolute atomic E-state index is 9.41. The number of β-amino-alcohol motifs (C(OH)–C–C–N with tert-alkyl or cyclic N) is 1. The molecule has 0 amide bonds. The minimum Gasteiger partial charge on any atom is -0.390 e. The fourth-order valence-electron chi connectivity index (χ4n) is 1.87. The third-order valence-electron chi connectivity index (χ3n) is 2.69. The fraction of sp³-hybridized carbons (Fsp3) is 1.00. The smallest absolute Gasteiger partial charge is 0.0789 e. The number of nitrogens with zero attached hydrogens (tertiary/aromatic N) is 1. The Morgan fingerprint density at radius 2 is 1.62 bits per heavy atom. The van der Waals surface area contributed by atoms with Gasteiger partial charge in [-0.15, -0.1) is 0 Å². The minimum atomic E-state index is -0.334. The van der Waals surface area contributed by atoms with E-state index in [9.17, 15) is 5.11 Å². The molecular weight excluding hydrogens is 164 g/mol. The molecule has 1 rings (SSSR count). The molecule has 3 nitrogen and oxygen atoms in total. The first-order chi connectivity index (χ1) is 6.33. The van der Waals surface area contributed by atoms with Crippen molar-refractivity contribution >= 4 is 0 Å². The minimum absolute atomic E-state index is 0.334. The van der Waals surface area contributed by atoms with E-state index < -0.39 is 0 Å². The van der Waals surface area contributed by atoms with Crippen LogP contribution in [0.2, 0.25) is 0 Å². The fourth-order valence-corrected chi connectivity index (χ4v) is 1.87. The Morgan fingerprint density at radius 1 is 1.08 bits per heavy atom. The van der Waals surface area contributed by atoms with E-state index in [2.05, 4.69) is 4.90 Å². The molecule has 3 N–H and O–H groups in total. The van der Waals surface area contributed by atoms with E-state index in [1.165, 1.54) is 32.1 Å². The second-order valence-corrected chi connectivity index (χ2v) is 3.96. The van der Waals surface area contributed by atoms with Crippen LogP contribution in [0.15, 0.2) is 0 Å². The maximum Gasteiger partial charge on any atom is 0.0789 e. The van der Waals surface area contributed by atoms with Crippen molar-refractivity contribution in [2.75, 3.05) is 26.2 Å². The first-order valence-electron chi connectivity index (χ1n) is 5.43. The Morgan fingerprint density at radius 3 is 2.15 bits per heavy atom. The van der Waals surface area contributed by atoms with Gasteiger partial charge in [0.2, 0.25) is 0 Å². The quantitative estimate of drug-likeness (QED) is 0.677. The van der Waals surface area contributed by atoms with Crippen molar-refractivity contribution in [1.82, 2.24) is 4.90 Å². The molecule has 0 aromatic carbocycles. The lowest BCUT2D eigenvalue weighted by Gasteiger charge is -2.26. The Hall–Kier alpha value is -0.120. The van der Waals surface area contributed by atoms with Crippen molar-refractivity contribution in [1.29, 1.82) is 0 Å². The number of aliphatic hydroxyl groups excluding tert-OH is 1. The van der Waals surface area contributed by atoms with Crippen LogP contribution in [0.3, 0.4) is 0 Å². The highest BCUT2D eigenvalue weighted by Gasteiger charge is 2.11. The molecule has 1 atom stereocenters. The zero-order valence-corrected chi connectivity index (χ0v) is 8.41. The monoisotopic (exact) mass is 186 g/mol. The third-order valence-corrected chi connectivity index (χ3v) is 2.69. The van der Waals surface area contributed by atoms with Gasteiger partial charge in [0, 0.05) is 13.1 Å². The molecule has 1 heterocycles. The Bertz CT molecular complexity index is 122. The first kappa shape index (κ1) is 11.0. The Labute approximate surface area is 80.9 Å². The molecular formula is C10H22N2O. The van der Waals surface area contributed by atoms with Crippen molar-refractivity contribution in [3.05, 3.63) is 0 Å². The van der Waals surface area contributed by atoms with Crippen LogP contribution >= 0.6 is 0 Å². The molecule has 0 aliphatic carbocycles. The molecule has 0 saturated carbocycles. The van der Waals surface area contributed by atoms with Crippen LogP contribution in [0.4, 0.5) is 0 Å². The van der Waals surface area contributed by atoms with Crippen molar-refractivity contribution in [3.8, 4) is 0 Å². The van der Waals surface area contributed by atoms with Crippen LogP contribution in [0.5, 0.6) is 0 Å². The summed E-state index contributed by atoms with van der Waals surface area (Å²) in [5.74, 6) is 0. The van der Waals surface area contributed by atoms with Crippen molar-refractivity contribution in [2.45, 2.75) is 38.2 Å². The maximum atomic E-state index is 9.41. The summed E-state index contributed by atoms with van der Waals surface area (Å²) in [4.78, 5) is 2.34. The molecule has 1 aliphatic heterocycles. The van der Waals surface area contributed by atoms with Gasteiger partial charge in [-0.1, -0.05) is 19.3 Å². The number of hydrogen-bond donors (Lipinski definition) is 2. The van der Waals surface area contributed by atoms with Crippen molar-refractivity contribution < 1.29 is 5.11 Å². The number of rotatable bonds is 3. The van der Waals surface area contributed by atoms with Gasteiger partial charge in [0.05, 0.1) is 6.10 Å². The molecule has 0 aromatic rings. The molecule has 1 saturated heterocycles. The van der Waals surface area contributed by atoms with Crippen LogP contribution in [-0.4, -0.2) is 42.3 Å². The lowest BCUT2D eigenvalue weighted by atomic mass is 10.1. The highest BCUT2D eigenvalue weighted by Crippen LogP contribution is 2.10. The average Bonchev–Trinajstić information content (AvgIpc) is 2.09. The third kappa shape index (κ3) is 4.60. The van der Waals surface area contributed by atoms with Gasteiger partial charge in [0.25, 0.3) is 0 Å². The summed E-state index contributed by atoms with van der Waals surface area (Å²) in [6.07, 6.45) is 6.28. The zero-order valence-electron chi connectivity index (χ0n) is 8.41. The van der Waals surface area contributed by atoms with Gasteiger partial charge in [0.1, 0.15) is 0 Å². The molecule has 13 heavy (non-hydrogen) atoms. The van der Waals surface area contributed by atoms with Gasteiger partial charge in [-0.05, 0) is 25.9 Å². The zero-order chi connectivity index (χ0) is 9.52. The van der Waals surface area contributed by atoms with Crippen LogP contribution < -0.4 is 5.73 Å². The summed E-state index contributed by atoms with van der Waals surface area (Å²) >= 11 is 0. The average molecular weight is 186 g/mol. The van der Waals surface area contributed by atoms with Crippen LogP contribution in [0, 0.1) is 0 Å². The molecule has 0 unspecified atom stereocenters. The predicted octanol–water partition coefficient (Wildman–Crippen LogP) is 0.572. The highest BCUT2D eigenvalue weighted by molar-refractivity contribution is 4.67. The van der Waals surface area contributed by atoms with E-state index in [-0.39, 0.29) is 6.10 Å². The second-order valence-electron chi connectivity index (χ2n) is 3.96. The first-order valence-corrected chi connectivity index (χ1v) is 5.43. The van der Waals surface area contributed by atoms with Crippen molar-refractivity contribution in [2.24, 2.45) is 5.73 Å². The lowest BCUT2D eigenvalue weighted by Crippen LogP contribution is -2.38. The molecule has 3 heteroatoms. The summed E-state index contributed by atoms with van der Waals surface area (Å²) < 4.78 is 0. The molecule has 0 radical (unpaired) electrons.